The smallest absolute Gasteiger partial charge is 0.247 e. The first-order valence-corrected chi connectivity index (χ1v) is 9.39. The van der Waals surface area contributed by atoms with Crippen LogP contribution in [0.25, 0.3) is 34.2 Å². The molecule has 4 aromatic rings. The van der Waals surface area contributed by atoms with E-state index >= 15 is 0 Å². The van der Waals surface area contributed by atoms with Crippen LogP contribution in [0.3, 0.4) is 0 Å². The van der Waals surface area contributed by atoms with E-state index in [1.54, 1.807) is 24.8 Å². The molecule has 0 atom stereocenters. The van der Waals surface area contributed by atoms with Crippen molar-refractivity contribution in [3.05, 3.63) is 53.5 Å². The van der Waals surface area contributed by atoms with Crippen molar-refractivity contribution in [2.24, 2.45) is 0 Å². The number of aromatic amines is 1. The number of fused-ring (bicyclic) bond motifs is 3. The molecule has 0 aromatic carbocycles. The Morgan fingerprint density at radius 1 is 1.17 bits per heavy atom. The molecule has 29 heavy (non-hydrogen) atoms. The number of aromatic nitrogens is 7. The first-order chi connectivity index (χ1) is 14.1. The van der Waals surface area contributed by atoms with Crippen LogP contribution in [0.5, 0.6) is 5.75 Å². The number of H-pyrrole nitrogens is 1. The molecule has 0 spiro atoms. The molecule has 9 heteroatoms. The Bertz CT molecular complexity index is 1230. The number of nitrogens with one attached hydrogen (secondary N) is 1. The van der Waals surface area contributed by atoms with Gasteiger partial charge in [0.05, 0.1) is 24.0 Å². The van der Waals surface area contributed by atoms with Crippen LogP contribution in [-0.4, -0.2) is 40.9 Å². The maximum atomic E-state index is 11.4. The molecule has 146 valence electrons. The van der Waals surface area contributed by atoms with E-state index < -0.39 is 0 Å². The van der Waals surface area contributed by atoms with Crippen LogP contribution in [0.15, 0.2) is 47.9 Å². The number of nitrogens with zero attached hydrogens (tertiary/aromatic N) is 6. The first-order valence-electron chi connectivity index (χ1n) is 9.39. The van der Waals surface area contributed by atoms with Crippen molar-refractivity contribution in [1.82, 2.24) is 34.3 Å². The lowest BCUT2D eigenvalue weighted by Crippen LogP contribution is -2.06. The number of hydrogen-bond acceptors (Lipinski definition) is 6. The molecule has 1 aliphatic rings. The summed E-state index contributed by atoms with van der Waals surface area (Å²) >= 11 is 0. The van der Waals surface area contributed by atoms with E-state index in [4.69, 9.17) is 9.72 Å². The summed E-state index contributed by atoms with van der Waals surface area (Å²) in [6.45, 7) is 5.31. The molecule has 5 rings (SSSR count). The maximum absolute atomic E-state index is 11.4. The highest BCUT2D eigenvalue weighted by atomic mass is 16.5. The molecule has 0 saturated heterocycles. The quantitative estimate of drug-likeness (QED) is 0.577. The van der Waals surface area contributed by atoms with Crippen molar-refractivity contribution in [3.8, 4) is 39.9 Å². The first kappa shape index (κ1) is 17.4. The largest absolute Gasteiger partial charge is 0.489 e. The number of rotatable bonds is 3. The minimum Gasteiger partial charge on any atom is -0.489 e. The van der Waals surface area contributed by atoms with Gasteiger partial charge in [-0.2, -0.15) is 5.10 Å². The van der Waals surface area contributed by atoms with E-state index in [2.05, 4.69) is 38.5 Å². The number of hydrogen-bond donors (Lipinski definition) is 1. The molecule has 0 bridgehead atoms. The van der Waals surface area contributed by atoms with Gasteiger partial charge in [0.15, 0.2) is 5.82 Å². The topological polar surface area (TPSA) is 104 Å². The maximum Gasteiger partial charge on any atom is 0.247 e. The summed E-state index contributed by atoms with van der Waals surface area (Å²) in [5.41, 5.74) is 3.00. The van der Waals surface area contributed by atoms with Crippen molar-refractivity contribution in [2.45, 2.75) is 26.4 Å². The molecule has 0 radical (unpaired) electrons. The lowest BCUT2D eigenvalue weighted by atomic mass is 10.1. The number of ether oxygens (including phenoxy) is 1. The van der Waals surface area contributed by atoms with Crippen LogP contribution in [-0.2, 0) is 6.54 Å². The molecule has 0 fully saturated rings. The van der Waals surface area contributed by atoms with Gasteiger partial charge in [0, 0.05) is 30.1 Å². The van der Waals surface area contributed by atoms with Crippen molar-refractivity contribution in [2.75, 3.05) is 6.61 Å². The summed E-state index contributed by atoms with van der Waals surface area (Å²) in [6, 6.07) is 5.34. The van der Waals surface area contributed by atoms with E-state index in [9.17, 15) is 4.79 Å². The molecule has 0 unspecified atom stereocenters. The van der Waals surface area contributed by atoms with Gasteiger partial charge < -0.3 is 14.3 Å². The molecular weight excluding hydrogens is 370 g/mol. The summed E-state index contributed by atoms with van der Waals surface area (Å²) in [7, 11) is 0. The van der Waals surface area contributed by atoms with Gasteiger partial charge in [-0.3, -0.25) is 9.78 Å². The zero-order valence-corrected chi connectivity index (χ0v) is 16.0. The van der Waals surface area contributed by atoms with E-state index in [-0.39, 0.29) is 11.6 Å². The molecular formula is C20H19N7O2. The third kappa shape index (κ3) is 3.00. The second kappa shape index (κ2) is 6.69. The van der Waals surface area contributed by atoms with E-state index in [0.717, 1.165) is 34.2 Å². The van der Waals surface area contributed by atoms with Crippen LogP contribution in [0, 0.1) is 0 Å². The predicted molar refractivity (Wildman–Crippen MR) is 106 cm³/mol. The second-order valence-corrected chi connectivity index (χ2v) is 7.12. The zero-order valence-electron chi connectivity index (χ0n) is 16.0. The minimum absolute atomic E-state index is 0.152. The normalized spacial score (nSPS) is 12.9. The molecule has 9 nitrogen and oxygen atoms in total. The third-order valence-electron chi connectivity index (χ3n) is 4.85. The molecule has 0 saturated carbocycles. The summed E-state index contributed by atoms with van der Waals surface area (Å²) < 4.78 is 9.80. The highest BCUT2D eigenvalue weighted by molar-refractivity contribution is 5.73. The van der Waals surface area contributed by atoms with Gasteiger partial charge in [-0.15, -0.1) is 0 Å². The standard InChI is InChI=1S/C20H19N7O2/c1-12(2)27-20(23-11-24-27)16-10-26-5-6-29-17-9-21-15(7-14(17)19(26)25-16)13-3-4-18(28)22-8-13/h3-4,7-12H,5-6H2,1-2H3,(H,22,28). The molecule has 4 aromatic heterocycles. The van der Waals surface area contributed by atoms with E-state index in [1.807, 2.05) is 16.9 Å². The lowest BCUT2D eigenvalue weighted by molar-refractivity contribution is 0.305. The monoisotopic (exact) mass is 389 g/mol. The number of imidazole rings is 1. The fourth-order valence-electron chi connectivity index (χ4n) is 3.43. The van der Waals surface area contributed by atoms with Crippen LogP contribution < -0.4 is 10.3 Å². The van der Waals surface area contributed by atoms with Crippen molar-refractivity contribution in [1.29, 1.82) is 0 Å². The fourth-order valence-corrected chi connectivity index (χ4v) is 3.43. The summed E-state index contributed by atoms with van der Waals surface area (Å²) in [5.74, 6) is 2.20. The van der Waals surface area contributed by atoms with Crippen LogP contribution >= 0.6 is 0 Å². The third-order valence-corrected chi connectivity index (χ3v) is 4.85. The summed E-state index contributed by atoms with van der Waals surface area (Å²) in [5, 5.41) is 4.31. The van der Waals surface area contributed by atoms with Gasteiger partial charge in [-0.25, -0.2) is 14.6 Å². The van der Waals surface area contributed by atoms with E-state index in [0.29, 0.717) is 18.9 Å². The Hall–Kier alpha value is -3.75. The zero-order chi connectivity index (χ0) is 20.0. The Morgan fingerprint density at radius 3 is 2.86 bits per heavy atom. The van der Waals surface area contributed by atoms with Gasteiger partial charge in [0.25, 0.3) is 0 Å². The summed E-state index contributed by atoms with van der Waals surface area (Å²) in [6.07, 6.45) is 6.89. The van der Waals surface area contributed by atoms with Gasteiger partial charge in [-0.05, 0) is 26.0 Å². The Balaban J connectivity index is 1.64. The fraction of sp³-hybridized carbons (Fsp3) is 0.250. The van der Waals surface area contributed by atoms with Crippen LogP contribution in [0.1, 0.15) is 19.9 Å². The van der Waals surface area contributed by atoms with Gasteiger partial charge in [0.2, 0.25) is 5.56 Å². The average molecular weight is 389 g/mol. The van der Waals surface area contributed by atoms with Gasteiger partial charge in [0.1, 0.15) is 30.2 Å². The SMILES string of the molecule is CC(C)n1ncnc1-c1cn2c(n1)-c1cc(-c3ccc(=O)[nH]c3)ncc1OCC2. The molecule has 5 heterocycles. The predicted octanol–water partition coefficient (Wildman–Crippen LogP) is 2.53. The lowest BCUT2D eigenvalue weighted by Gasteiger charge is -2.09. The van der Waals surface area contributed by atoms with Gasteiger partial charge in [-0.1, -0.05) is 0 Å². The van der Waals surface area contributed by atoms with E-state index in [1.165, 1.54) is 6.07 Å². The second-order valence-electron chi connectivity index (χ2n) is 7.12. The average Bonchev–Trinajstić information content (AvgIpc) is 3.33. The van der Waals surface area contributed by atoms with Crippen molar-refractivity contribution < 1.29 is 4.74 Å². The van der Waals surface area contributed by atoms with Crippen molar-refractivity contribution >= 4 is 0 Å². The van der Waals surface area contributed by atoms with Gasteiger partial charge >= 0.3 is 0 Å². The Kier molecular flexibility index (Phi) is 4.01. The molecule has 0 aliphatic carbocycles. The van der Waals surface area contributed by atoms with Crippen LogP contribution in [0.4, 0.5) is 0 Å². The Labute approximate surface area is 166 Å². The minimum atomic E-state index is -0.152. The highest BCUT2D eigenvalue weighted by Crippen LogP contribution is 2.35. The summed E-state index contributed by atoms with van der Waals surface area (Å²) in [4.78, 5) is 27.8. The molecule has 1 N–H and O–H groups in total. The highest BCUT2D eigenvalue weighted by Gasteiger charge is 2.22. The van der Waals surface area contributed by atoms with Crippen molar-refractivity contribution in [3.63, 3.8) is 0 Å². The Morgan fingerprint density at radius 2 is 2.07 bits per heavy atom. The van der Waals surface area contributed by atoms with Crippen LogP contribution in [0.2, 0.25) is 0 Å². The molecule has 1 aliphatic heterocycles. The molecule has 0 amide bonds. The number of pyridine rings is 2.